The number of piperidine rings is 2. The molecule has 2 heterocycles. The number of methoxy groups -OCH3 is 1. The number of ether oxygens (including phenoxy) is 1. The number of carbonyl (C=O) groups is 3. The van der Waals surface area contributed by atoms with Crippen LogP contribution >= 0.6 is 0 Å². The molecule has 2 unspecified atom stereocenters. The van der Waals surface area contributed by atoms with Crippen LogP contribution < -0.4 is 0 Å². The van der Waals surface area contributed by atoms with E-state index >= 15 is 0 Å². The van der Waals surface area contributed by atoms with Gasteiger partial charge in [0.25, 0.3) is 0 Å². The van der Waals surface area contributed by atoms with E-state index in [-0.39, 0.29) is 23.7 Å². The third-order valence-electron chi connectivity index (χ3n) is 6.58. The van der Waals surface area contributed by atoms with Gasteiger partial charge in [-0.2, -0.15) is 0 Å². The third kappa shape index (κ3) is 6.21. The Balaban J connectivity index is 1.80. The largest absolute Gasteiger partial charge is 0.469 e. The van der Waals surface area contributed by atoms with E-state index in [1.807, 2.05) is 9.80 Å². The Morgan fingerprint density at radius 2 is 1.57 bits per heavy atom. The minimum Gasteiger partial charge on any atom is -0.469 e. The lowest BCUT2D eigenvalue weighted by Gasteiger charge is -2.39. The fourth-order valence-electron chi connectivity index (χ4n) is 4.61. The second-order valence-electron chi connectivity index (χ2n) is 8.40. The lowest BCUT2D eigenvalue weighted by atomic mass is 9.81. The van der Waals surface area contributed by atoms with E-state index in [0.29, 0.717) is 50.6 Å². The SMILES string of the molecule is CCCCCC(=O)N1CCC(CC(=O)N2CCC(C(=O)OC)CC2)C(CC)C1. The van der Waals surface area contributed by atoms with Crippen LogP contribution in [0.25, 0.3) is 0 Å². The number of unbranched alkanes of at least 4 members (excludes halogenated alkanes) is 2. The molecule has 0 aromatic carbocycles. The summed E-state index contributed by atoms with van der Waals surface area (Å²) in [6.45, 7) is 7.18. The minimum absolute atomic E-state index is 0.0700. The molecule has 2 aliphatic rings. The number of amides is 2. The van der Waals surface area contributed by atoms with Gasteiger partial charge in [-0.3, -0.25) is 14.4 Å². The number of likely N-dealkylation sites (tertiary alicyclic amines) is 2. The van der Waals surface area contributed by atoms with Crippen molar-refractivity contribution in [2.24, 2.45) is 17.8 Å². The van der Waals surface area contributed by atoms with Crippen LogP contribution in [0.3, 0.4) is 0 Å². The van der Waals surface area contributed by atoms with E-state index in [1.54, 1.807) is 0 Å². The highest BCUT2D eigenvalue weighted by Gasteiger charge is 2.34. The molecule has 0 aliphatic carbocycles. The van der Waals surface area contributed by atoms with Crippen molar-refractivity contribution >= 4 is 17.8 Å². The van der Waals surface area contributed by atoms with Gasteiger partial charge in [-0.05, 0) is 37.5 Å². The number of esters is 1. The smallest absolute Gasteiger partial charge is 0.308 e. The van der Waals surface area contributed by atoms with Gasteiger partial charge in [-0.15, -0.1) is 0 Å². The molecule has 0 spiro atoms. The summed E-state index contributed by atoms with van der Waals surface area (Å²) in [6.07, 6.45) is 7.75. The summed E-state index contributed by atoms with van der Waals surface area (Å²) in [4.78, 5) is 40.8. The van der Waals surface area contributed by atoms with Crippen LogP contribution in [-0.4, -0.2) is 60.9 Å². The zero-order valence-electron chi connectivity index (χ0n) is 18.0. The van der Waals surface area contributed by atoms with Gasteiger partial charge in [0, 0.05) is 39.0 Å². The van der Waals surface area contributed by atoms with Gasteiger partial charge in [-0.25, -0.2) is 0 Å². The lowest BCUT2D eigenvalue weighted by Crippen LogP contribution is -2.46. The van der Waals surface area contributed by atoms with Crippen LogP contribution in [-0.2, 0) is 19.1 Å². The van der Waals surface area contributed by atoms with Gasteiger partial charge in [0.1, 0.15) is 0 Å². The van der Waals surface area contributed by atoms with Crippen molar-refractivity contribution in [1.82, 2.24) is 9.80 Å². The standard InChI is InChI=1S/C22H38N2O4/c1-4-6-7-8-20(25)24-14-11-19(17(5-2)16-24)15-21(26)23-12-9-18(10-13-23)22(27)28-3/h17-19H,4-16H2,1-3H3. The maximum atomic E-state index is 12.8. The molecule has 6 nitrogen and oxygen atoms in total. The molecule has 2 atom stereocenters. The number of hydrogen-bond acceptors (Lipinski definition) is 4. The maximum Gasteiger partial charge on any atom is 0.308 e. The first-order chi connectivity index (χ1) is 13.5. The van der Waals surface area contributed by atoms with E-state index in [9.17, 15) is 14.4 Å². The van der Waals surface area contributed by atoms with Crippen LogP contribution in [0.1, 0.15) is 71.6 Å². The highest BCUT2D eigenvalue weighted by molar-refractivity contribution is 5.78. The molecule has 0 aromatic heterocycles. The highest BCUT2D eigenvalue weighted by atomic mass is 16.5. The summed E-state index contributed by atoms with van der Waals surface area (Å²) in [7, 11) is 1.42. The van der Waals surface area contributed by atoms with Crippen molar-refractivity contribution < 1.29 is 19.1 Å². The summed E-state index contributed by atoms with van der Waals surface area (Å²) in [5, 5.41) is 0. The molecule has 160 valence electrons. The number of nitrogens with zero attached hydrogens (tertiary/aromatic N) is 2. The number of rotatable bonds is 8. The first-order valence-corrected chi connectivity index (χ1v) is 11.1. The minimum atomic E-state index is -0.158. The predicted molar refractivity (Wildman–Crippen MR) is 109 cm³/mol. The van der Waals surface area contributed by atoms with Gasteiger partial charge < -0.3 is 14.5 Å². The molecular weight excluding hydrogens is 356 g/mol. The quantitative estimate of drug-likeness (QED) is 0.468. The molecule has 6 heteroatoms. The predicted octanol–water partition coefficient (Wildman–Crippen LogP) is 3.24. The monoisotopic (exact) mass is 394 g/mol. The van der Waals surface area contributed by atoms with Gasteiger partial charge in [-0.1, -0.05) is 33.1 Å². The molecule has 2 rings (SSSR count). The Morgan fingerprint density at radius 1 is 0.893 bits per heavy atom. The van der Waals surface area contributed by atoms with E-state index in [2.05, 4.69) is 13.8 Å². The number of hydrogen-bond donors (Lipinski definition) is 0. The van der Waals surface area contributed by atoms with Crippen LogP contribution in [0.5, 0.6) is 0 Å². The Hall–Kier alpha value is -1.59. The first kappa shape index (κ1) is 22.7. The zero-order chi connectivity index (χ0) is 20.5. The molecule has 2 fully saturated rings. The van der Waals surface area contributed by atoms with Gasteiger partial charge in [0.2, 0.25) is 11.8 Å². The van der Waals surface area contributed by atoms with Crippen molar-refractivity contribution in [1.29, 1.82) is 0 Å². The van der Waals surface area contributed by atoms with Crippen LogP contribution in [0.15, 0.2) is 0 Å². The summed E-state index contributed by atoms with van der Waals surface area (Å²) < 4.78 is 4.82. The maximum absolute atomic E-state index is 12.8. The fraction of sp³-hybridized carbons (Fsp3) is 0.864. The molecule has 0 aromatic rings. The van der Waals surface area contributed by atoms with Crippen LogP contribution in [0.2, 0.25) is 0 Å². The second-order valence-corrected chi connectivity index (χ2v) is 8.40. The zero-order valence-corrected chi connectivity index (χ0v) is 18.0. The summed E-state index contributed by atoms with van der Waals surface area (Å²) in [5.74, 6) is 1.01. The van der Waals surface area contributed by atoms with Crippen molar-refractivity contribution in [3.05, 3.63) is 0 Å². The van der Waals surface area contributed by atoms with Gasteiger partial charge in [0.15, 0.2) is 0 Å². The Labute approximate surface area is 170 Å². The van der Waals surface area contributed by atoms with E-state index < -0.39 is 0 Å². The van der Waals surface area contributed by atoms with Crippen LogP contribution in [0, 0.1) is 17.8 Å². The normalized spacial score (nSPS) is 23.5. The summed E-state index contributed by atoms with van der Waals surface area (Å²) >= 11 is 0. The Morgan fingerprint density at radius 3 is 2.18 bits per heavy atom. The second kappa shape index (κ2) is 11.4. The molecule has 2 amide bonds. The molecular formula is C22H38N2O4. The molecule has 2 aliphatic heterocycles. The summed E-state index contributed by atoms with van der Waals surface area (Å²) in [6, 6.07) is 0. The topological polar surface area (TPSA) is 66.9 Å². The van der Waals surface area contributed by atoms with E-state index in [0.717, 1.165) is 45.2 Å². The Kier molecular flexibility index (Phi) is 9.26. The van der Waals surface area contributed by atoms with E-state index in [4.69, 9.17) is 4.74 Å². The molecule has 0 N–H and O–H groups in total. The van der Waals surface area contributed by atoms with Crippen molar-refractivity contribution in [3.8, 4) is 0 Å². The third-order valence-corrected chi connectivity index (χ3v) is 6.58. The highest BCUT2D eigenvalue weighted by Crippen LogP contribution is 2.31. The van der Waals surface area contributed by atoms with Gasteiger partial charge in [0.05, 0.1) is 13.0 Å². The molecule has 0 bridgehead atoms. The van der Waals surface area contributed by atoms with Crippen molar-refractivity contribution in [2.75, 3.05) is 33.3 Å². The van der Waals surface area contributed by atoms with Gasteiger partial charge >= 0.3 is 5.97 Å². The average Bonchev–Trinajstić information content (AvgIpc) is 2.73. The molecule has 2 saturated heterocycles. The molecule has 0 saturated carbocycles. The van der Waals surface area contributed by atoms with Crippen LogP contribution in [0.4, 0.5) is 0 Å². The fourth-order valence-corrected chi connectivity index (χ4v) is 4.61. The molecule has 28 heavy (non-hydrogen) atoms. The van der Waals surface area contributed by atoms with Crippen molar-refractivity contribution in [3.63, 3.8) is 0 Å². The first-order valence-electron chi connectivity index (χ1n) is 11.1. The average molecular weight is 395 g/mol. The van der Waals surface area contributed by atoms with E-state index in [1.165, 1.54) is 7.11 Å². The summed E-state index contributed by atoms with van der Waals surface area (Å²) in [5.41, 5.74) is 0. The molecule has 0 radical (unpaired) electrons. The van der Waals surface area contributed by atoms with Crippen molar-refractivity contribution in [2.45, 2.75) is 71.6 Å². The lowest BCUT2D eigenvalue weighted by molar-refractivity contribution is -0.149. The number of carbonyl (C=O) groups excluding carboxylic acids is 3. The Bertz CT molecular complexity index is 529.